The van der Waals surface area contributed by atoms with Crippen LogP contribution in [0.1, 0.15) is 12.5 Å². The Morgan fingerprint density at radius 1 is 1.00 bits per heavy atom. The Morgan fingerprint density at radius 3 is 2.61 bits per heavy atom. The monoisotopic (exact) mass is 434 g/mol. The van der Waals surface area contributed by atoms with Crippen molar-refractivity contribution in [1.29, 1.82) is 0 Å². The first kappa shape index (κ1) is 20.2. The third kappa shape index (κ3) is 3.96. The minimum Gasteiger partial charge on any atom is -0.354 e. The van der Waals surface area contributed by atoms with Crippen molar-refractivity contribution in [2.24, 2.45) is 0 Å². The van der Waals surface area contributed by atoms with Gasteiger partial charge in [0.25, 0.3) is 5.56 Å². The molecule has 31 heavy (non-hydrogen) atoms. The van der Waals surface area contributed by atoms with Gasteiger partial charge in [-0.2, -0.15) is 0 Å². The lowest BCUT2D eigenvalue weighted by molar-refractivity contribution is 0.142. The average molecular weight is 435 g/mol. The van der Waals surface area contributed by atoms with Crippen LogP contribution in [0.3, 0.4) is 0 Å². The number of pyridine rings is 1. The van der Waals surface area contributed by atoms with Crippen molar-refractivity contribution in [3.8, 4) is 11.3 Å². The molecule has 160 valence electrons. The summed E-state index contributed by atoms with van der Waals surface area (Å²) in [7, 11) is -0.914. The molecule has 2 atom stereocenters. The van der Waals surface area contributed by atoms with Gasteiger partial charge in [-0.25, -0.2) is 8.51 Å². The molecule has 1 unspecified atom stereocenters. The van der Waals surface area contributed by atoms with Crippen molar-refractivity contribution < 1.29 is 4.21 Å². The predicted octanol–water partition coefficient (Wildman–Crippen LogP) is 3.48. The molecule has 2 N–H and O–H groups in total. The topological polar surface area (TPSA) is 72.2 Å². The highest BCUT2D eigenvalue weighted by Gasteiger charge is 2.25. The molecule has 4 aromatic rings. The molecule has 6 nitrogen and oxygen atoms in total. The molecule has 0 amide bonds. The van der Waals surface area contributed by atoms with Crippen LogP contribution < -0.4 is 5.56 Å². The standard InChI is InChI=1S/C24H26N4O2S/c1-16-14-27(9-10-28(16)31(2)30)15-17-7-8-22-19(11-17)13-23(25-22)20-12-18-5-3-4-6-21(18)26-24(20)29/h3-8,11-13,16,25H,9-10,14-15H2,1-2H3,(H,26,29)/t16-,31?/m0/s1. The highest BCUT2D eigenvalue weighted by Crippen LogP contribution is 2.25. The number of nitrogens with zero attached hydrogens (tertiary/aromatic N) is 2. The molecule has 3 heterocycles. The number of nitrogens with one attached hydrogen (secondary N) is 2. The summed E-state index contributed by atoms with van der Waals surface area (Å²) in [6.45, 7) is 5.64. The molecule has 0 spiro atoms. The van der Waals surface area contributed by atoms with E-state index in [1.807, 2.05) is 30.3 Å². The van der Waals surface area contributed by atoms with Crippen LogP contribution in [0, 0.1) is 0 Å². The zero-order chi connectivity index (χ0) is 21.5. The maximum Gasteiger partial charge on any atom is 0.257 e. The predicted molar refractivity (Wildman–Crippen MR) is 127 cm³/mol. The molecular formula is C24H26N4O2S. The first-order valence-corrected chi connectivity index (χ1v) is 12.1. The van der Waals surface area contributed by atoms with Crippen molar-refractivity contribution in [3.05, 3.63) is 70.5 Å². The first-order valence-electron chi connectivity index (χ1n) is 10.5. The summed E-state index contributed by atoms with van der Waals surface area (Å²) in [6, 6.07) is 18.5. The molecule has 0 aliphatic carbocycles. The fourth-order valence-electron chi connectivity index (χ4n) is 4.57. The van der Waals surface area contributed by atoms with Gasteiger partial charge in [-0.05, 0) is 48.2 Å². The van der Waals surface area contributed by atoms with E-state index in [0.717, 1.165) is 53.7 Å². The number of hydrogen-bond donors (Lipinski definition) is 2. The average Bonchev–Trinajstić information content (AvgIpc) is 3.16. The van der Waals surface area contributed by atoms with E-state index < -0.39 is 11.0 Å². The summed E-state index contributed by atoms with van der Waals surface area (Å²) in [5, 5.41) is 2.11. The number of piperazine rings is 1. The van der Waals surface area contributed by atoms with Crippen molar-refractivity contribution in [1.82, 2.24) is 19.2 Å². The van der Waals surface area contributed by atoms with Gasteiger partial charge in [-0.15, -0.1) is 0 Å². The summed E-state index contributed by atoms with van der Waals surface area (Å²) >= 11 is 0. The van der Waals surface area contributed by atoms with Crippen LogP contribution in [-0.2, 0) is 17.5 Å². The Labute approximate surface area is 183 Å². The van der Waals surface area contributed by atoms with E-state index in [1.54, 1.807) is 6.26 Å². The lowest BCUT2D eigenvalue weighted by Gasteiger charge is -2.38. The van der Waals surface area contributed by atoms with Gasteiger partial charge in [0.1, 0.15) is 0 Å². The number of aromatic amines is 2. The van der Waals surface area contributed by atoms with E-state index in [0.29, 0.717) is 5.56 Å². The summed E-state index contributed by atoms with van der Waals surface area (Å²) in [4.78, 5) is 21.4. The fraction of sp³-hybridized carbons (Fsp3) is 0.292. The second-order valence-corrected chi connectivity index (χ2v) is 9.67. The Bertz CT molecular complexity index is 1340. The minimum atomic E-state index is -0.914. The van der Waals surface area contributed by atoms with Crippen molar-refractivity contribution in [3.63, 3.8) is 0 Å². The van der Waals surface area contributed by atoms with Crippen LogP contribution in [0.2, 0.25) is 0 Å². The van der Waals surface area contributed by atoms with Crippen LogP contribution in [0.5, 0.6) is 0 Å². The summed E-state index contributed by atoms with van der Waals surface area (Å²) in [5.74, 6) is 0. The van der Waals surface area contributed by atoms with Crippen LogP contribution in [0.15, 0.2) is 59.4 Å². The summed E-state index contributed by atoms with van der Waals surface area (Å²) in [5.41, 5.74) is 4.48. The molecule has 2 aromatic carbocycles. The maximum absolute atomic E-state index is 12.6. The molecule has 1 fully saturated rings. The largest absolute Gasteiger partial charge is 0.354 e. The number of hydrogen-bond acceptors (Lipinski definition) is 3. The van der Waals surface area contributed by atoms with Gasteiger partial charge in [0.2, 0.25) is 0 Å². The minimum absolute atomic E-state index is 0.0920. The Morgan fingerprint density at radius 2 is 1.81 bits per heavy atom. The van der Waals surface area contributed by atoms with Gasteiger partial charge in [0.15, 0.2) is 0 Å². The second kappa shape index (κ2) is 8.07. The van der Waals surface area contributed by atoms with E-state index in [9.17, 15) is 9.00 Å². The first-order chi connectivity index (χ1) is 15.0. The Balaban J connectivity index is 1.40. The van der Waals surface area contributed by atoms with Crippen molar-refractivity contribution in [2.45, 2.75) is 19.5 Å². The van der Waals surface area contributed by atoms with Crippen molar-refractivity contribution in [2.75, 3.05) is 25.9 Å². The molecule has 7 heteroatoms. The molecule has 1 aliphatic rings. The number of para-hydroxylation sites is 1. The number of benzene rings is 2. The van der Waals surface area contributed by atoms with Crippen LogP contribution in [-0.4, -0.2) is 55.3 Å². The van der Waals surface area contributed by atoms with Gasteiger partial charge in [0, 0.05) is 54.9 Å². The molecule has 1 saturated heterocycles. The van der Waals surface area contributed by atoms with Gasteiger partial charge >= 0.3 is 0 Å². The van der Waals surface area contributed by atoms with Gasteiger partial charge in [0.05, 0.1) is 22.2 Å². The van der Waals surface area contributed by atoms with Crippen LogP contribution >= 0.6 is 0 Å². The lowest BCUT2D eigenvalue weighted by atomic mass is 10.1. The smallest absolute Gasteiger partial charge is 0.257 e. The Kier molecular flexibility index (Phi) is 5.25. The normalized spacial score (nSPS) is 19.2. The van der Waals surface area contributed by atoms with E-state index in [1.165, 1.54) is 5.56 Å². The van der Waals surface area contributed by atoms with E-state index in [4.69, 9.17) is 0 Å². The lowest BCUT2D eigenvalue weighted by Crippen LogP contribution is -2.51. The van der Waals surface area contributed by atoms with Crippen molar-refractivity contribution >= 4 is 32.8 Å². The van der Waals surface area contributed by atoms with Crippen LogP contribution in [0.25, 0.3) is 33.1 Å². The highest BCUT2D eigenvalue weighted by atomic mass is 32.2. The number of rotatable bonds is 4. The zero-order valence-electron chi connectivity index (χ0n) is 17.7. The van der Waals surface area contributed by atoms with Gasteiger partial charge in [-0.3, -0.25) is 9.69 Å². The summed E-state index contributed by atoms with van der Waals surface area (Å²) < 4.78 is 13.9. The highest BCUT2D eigenvalue weighted by molar-refractivity contribution is 7.81. The Hall–Kier alpha value is -2.74. The fourth-order valence-corrected chi connectivity index (χ4v) is 5.49. The number of H-pyrrole nitrogens is 2. The van der Waals surface area contributed by atoms with Gasteiger partial charge in [-0.1, -0.05) is 24.3 Å². The SMILES string of the molecule is C[C@H]1CN(Cc2ccc3[nH]c(-c4cc5ccccc5[nH]c4=O)cc3c2)CCN1S(C)=O. The maximum atomic E-state index is 12.6. The molecule has 5 rings (SSSR count). The molecule has 2 aromatic heterocycles. The molecule has 0 radical (unpaired) electrons. The molecule has 0 saturated carbocycles. The molecule has 0 bridgehead atoms. The number of aromatic nitrogens is 2. The third-order valence-corrected chi connectivity index (χ3v) is 7.32. The molecule has 1 aliphatic heterocycles. The van der Waals surface area contributed by atoms with E-state index >= 15 is 0 Å². The quantitative estimate of drug-likeness (QED) is 0.517. The van der Waals surface area contributed by atoms with E-state index in [-0.39, 0.29) is 11.6 Å². The molecular weight excluding hydrogens is 408 g/mol. The second-order valence-electron chi connectivity index (χ2n) is 8.35. The third-order valence-electron chi connectivity index (χ3n) is 6.12. The zero-order valence-corrected chi connectivity index (χ0v) is 18.5. The summed E-state index contributed by atoms with van der Waals surface area (Å²) in [6.07, 6.45) is 1.75. The number of fused-ring (bicyclic) bond motifs is 2. The van der Waals surface area contributed by atoms with Crippen LogP contribution in [0.4, 0.5) is 0 Å². The van der Waals surface area contributed by atoms with Gasteiger partial charge < -0.3 is 9.97 Å². The van der Waals surface area contributed by atoms with E-state index in [2.05, 4.69) is 50.4 Å².